The molecular weight excluding hydrogens is 422 g/mol. The van der Waals surface area contributed by atoms with Crippen LogP contribution in [-0.2, 0) is 6.54 Å². The molecule has 0 bridgehead atoms. The van der Waals surface area contributed by atoms with Gasteiger partial charge in [0.15, 0.2) is 5.82 Å². The molecule has 0 unspecified atom stereocenters. The molecule has 5 heterocycles. The van der Waals surface area contributed by atoms with Crippen LogP contribution in [0.1, 0.15) is 29.1 Å². The summed E-state index contributed by atoms with van der Waals surface area (Å²) in [6, 6.07) is 3.98. The Morgan fingerprint density at radius 2 is 2.00 bits per heavy atom. The Labute approximate surface area is 181 Å². The first-order valence-corrected chi connectivity index (χ1v) is 12.0. The smallest absolute Gasteiger partial charge is 0.216 e. The Kier molecular flexibility index (Phi) is 5.02. The molecule has 2 N–H and O–H groups in total. The highest BCUT2D eigenvalue weighted by atomic mass is 32.2. The first-order chi connectivity index (χ1) is 14.1. The fraction of sp³-hybridized carbons (Fsp3) is 0.368. The first kappa shape index (κ1) is 19.0. The van der Waals surface area contributed by atoms with E-state index in [1.54, 1.807) is 27.3 Å². The van der Waals surface area contributed by atoms with E-state index in [2.05, 4.69) is 28.9 Å². The van der Waals surface area contributed by atoms with Crippen molar-refractivity contribution in [1.29, 1.82) is 0 Å². The van der Waals surface area contributed by atoms with Gasteiger partial charge in [-0.25, -0.2) is 14.6 Å². The Hall–Kier alpha value is -2.01. The zero-order valence-corrected chi connectivity index (χ0v) is 18.7. The van der Waals surface area contributed by atoms with Gasteiger partial charge >= 0.3 is 0 Å². The molecule has 0 aromatic carbocycles. The van der Waals surface area contributed by atoms with Crippen molar-refractivity contribution in [3.8, 4) is 10.7 Å². The van der Waals surface area contributed by atoms with Crippen molar-refractivity contribution in [2.45, 2.75) is 43.4 Å². The lowest BCUT2D eigenvalue weighted by Gasteiger charge is -2.14. The lowest BCUT2D eigenvalue weighted by Crippen LogP contribution is -2.20. The topological polar surface area (TPSA) is 85.8 Å². The Bertz CT molecular complexity index is 1160. The van der Waals surface area contributed by atoms with Gasteiger partial charge in [-0.3, -0.25) is 4.90 Å². The molecule has 0 saturated carbocycles. The summed E-state index contributed by atoms with van der Waals surface area (Å²) in [5, 5.41) is 13.3. The van der Waals surface area contributed by atoms with Crippen LogP contribution >= 0.6 is 34.4 Å². The molecule has 5 rings (SSSR count). The van der Waals surface area contributed by atoms with Crippen LogP contribution in [-0.4, -0.2) is 42.8 Å². The Morgan fingerprint density at radius 3 is 2.76 bits per heavy atom. The third kappa shape index (κ3) is 3.54. The van der Waals surface area contributed by atoms with Crippen molar-refractivity contribution in [3.05, 3.63) is 33.8 Å². The number of nitrogens with zero attached hydrogens (tertiary/aromatic N) is 6. The van der Waals surface area contributed by atoms with E-state index < -0.39 is 0 Å². The van der Waals surface area contributed by atoms with Gasteiger partial charge < -0.3 is 5.84 Å². The highest BCUT2D eigenvalue weighted by Gasteiger charge is 2.21. The van der Waals surface area contributed by atoms with E-state index in [9.17, 15) is 0 Å². The molecule has 1 aliphatic heterocycles. The second-order valence-corrected chi connectivity index (χ2v) is 10.3. The van der Waals surface area contributed by atoms with Crippen molar-refractivity contribution < 1.29 is 0 Å². The highest BCUT2D eigenvalue weighted by Crippen LogP contribution is 2.38. The second kappa shape index (κ2) is 7.67. The maximum atomic E-state index is 6.33. The van der Waals surface area contributed by atoms with E-state index in [-0.39, 0.29) is 0 Å². The molecule has 150 valence electrons. The average Bonchev–Trinajstić information content (AvgIpc) is 3.47. The standard InChI is InChI=1S/C19H21N7S3/c1-11-12(2)28-17-15(11)18(22-14(21-17)10-25-7-3-4-8-25)29-19-24-23-16(26(19)20)13-6-5-9-27-13/h5-6,9H,3-4,7-8,10,20H2,1-2H3. The number of aryl methyl sites for hydroxylation is 2. The monoisotopic (exact) mass is 443 g/mol. The van der Waals surface area contributed by atoms with Gasteiger partial charge in [-0.05, 0) is 68.6 Å². The molecule has 0 amide bonds. The van der Waals surface area contributed by atoms with Crippen LogP contribution in [0.4, 0.5) is 0 Å². The maximum Gasteiger partial charge on any atom is 0.216 e. The number of rotatable bonds is 5. The fourth-order valence-corrected chi connectivity index (χ4v) is 6.31. The first-order valence-electron chi connectivity index (χ1n) is 9.51. The number of fused-ring (bicyclic) bond motifs is 1. The third-order valence-corrected chi connectivity index (χ3v) is 8.12. The summed E-state index contributed by atoms with van der Waals surface area (Å²) in [6.45, 7) is 7.29. The predicted molar refractivity (Wildman–Crippen MR) is 119 cm³/mol. The van der Waals surface area contributed by atoms with Gasteiger partial charge in [0.1, 0.15) is 15.7 Å². The number of hydrogen-bond donors (Lipinski definition) is 1. The molecule has 1 aliphatic rings. The van der Waals surface area contributed by atoms with Gasteiger partial charge in [-0.2, -0.15) is 0 Å². The summed E-state index contributed by atoms with van der Waals surface area (Å²) < 4.78 is 1.55. The number of aromatic nitrogens is 5. The molecule has 1 saturated heterocycles. The Morgan fingerprint density at radius 1 is 1.17 bits per heavy atom. The molecule has 0 aliphatic carbocycles. The SMILES string of the molecule is Cc1sc2nc(CN3CCCC3)nc(Sc3nnc(-c4cccs4)n3N)c2c1C. The van der Waals surface area contributed by atoms with E-state index in [1.165, 1.54) is 35.0 Å². The van der Waals surface area contributed by atoms with Gasteiger partial charge in [0.2, 0.25) is 5.16 Å². The summed E-state index contributed by atoms with van der Waals surface area (Å²) in [6.07, 6.45) is 2.51. The summed E-state index contributed by atoms with van der Waals surface area (Å²) >= 11 is 4.79. The molecule has 0 radical (unpaired) electrons. The molecule has 4 aromatic rings. The largest absolute Gasteiger partial charge is 0.335 e. The van der Waals surface area contributed by atoms with Crippen molar-refractivity contribution in [2.75, 3.05) is 18.9 Å². The third-order valence-electron chi connectivity index (χ3n) is 5.20. The van der Waals surface area contributed by atoms with E-state index in [4.69, 9.17) is 15.8 Å². The zero-order chi connectivity index (χ0) is 20.0. The van der Waals surface area contributed by atoms with Crippen LogP contribution in [0.2, 0.25) is 0 Å². The predicted octanol–water partition coefficient (Wildman–Crippen LogP) is 4.09. The van der Waals surface area contributed by atoms with Gasteiger partial charge in [0.05, 0.1) is 11.4 Å². The summed E-state index contributed by atoms with van der Waals surface area (Å²) in [7, 11) is 0. The zero-order valence-electron chi connectivity index (χ0n) is 16.3. The van der Waals surface area contributed by atoms with Crippen molar-refractivity contribution in [3.63, 3.8) is 0 Å². The minimum atomic E-state index is 0.628. The second-order valence-electron chi connectivity index (χ2n) is 7.15. The Balaban J connectivity index is 1.54. The molecule has 0 spiro atoms. The van der Waals surface area contributed by atoms with E-state index in [1.807, 2.05) is 17.5 Å². The van der Waals surface area contributed by atoms with Gasteiger partial charge in [0.25, 0.3) is 0 Å². The quantitative estimate of drug-likeness (QED) is 0.367. The van der Waals surface area contributed by atoms with Crippen molar-refractivity contribution in [1.82, 2.24) is 29.7 Å². The minimum absolute atomic E-state index is 0.628. The number of thiophene rings is 2. The van der Waals surface area contributed by atoms with Gasteiger partial charge in [-0.15, -0.1) is 32.9 Å². The lowest BCUT2D eigenvalue weighted by molar-refractivity contribution is 0.322. The fourth-order valence-electron chi connectivity index (χ4n) is 3.55. The summed E-state index contributed by atoms with van der Waals surface area (Å²) in [5.74, 6) is 7.86. The molecule has 1 fully saturated rings. The number of hydrogen-bond acceptors (Lipinski definition) is 9. The van der Waals surface area contributed by atoms with Crippen molar-refractivity contribution in [2.24, 2.45) is 0 Å². The minimum Gasteiger partial charge on any atom is -0.335 e. The van der Waals surface area contributed by atoms with E-state index in [0.29, 0.717) is 11.0 Å². The summed E-state index contributed by atoms with van der Waals surface area (Å²) in [5.41, 5.74) is 1.22. The summed E-state index contributed by atoms with van der Waals surface area (Å²) in [4.78, 5) is 15.5. The van der Waals surface area contributed by atoms with Crippen LogP contribution < -0.4 is 5.84 Å². The average molecular weight is 444 g/mol. The van der Waals surface area contributed by atoms with Crippen LogP contribution in [0.25, 0.3) is 20.9 Å². The van der Waals surface area contributed by atoms with Crippen LogP contribution in [0, 0.1) is 13.8 Å². The number of nitrogens with two attached hydrogens (primary N) is 1. The van der Waals surface area contributed by atoms with Gasteiger partial charge in [0, 0.05) is 10.3 Å². The normalized spacial score (nSPS) is 15.0. The van der Waals surface area contributed by atoms with E-state index >= 15 is 0 Å². The molecule has 0 atom stereocenters. The van der Waals surface area contributed by atoms with E-state index in [0.717, 1.165) is 45.6 Å². The van der Waals surface area contributed by atoms with Crippen LogP contribution in [0.5, 0.6) is 0 Å². The highest BCUT2D eigenvalue weighted by molar-refractivity contribution is 7.99. The lowest BCUT2D eigenvalue weighted by atomic mass is 10.2. The van der Waals surface area contributed by atoms with Crippen LogP contribution in [0.3, 0.4) is 0 Å². The number of nitrogen functional groups attached to an aromatic ring is 1. The van der Waals surface area contributed by atoms with Crippen molar-refractivity contribution >= 4 is 44.7 Å². The molecular formula is C19H21N7S3. The van der Waals surface area contributed by atoms with Crippen LogP contribution in [0.15, 0.2) is 27.7 Å². The molecule has 7 nitrogen and oxygen atoms in total. The maximum absolute atomic E-state index is 6.33. The molecule has 29 heavy (non-hydrogen) atoms. The molecule has 10 heteroatoms. The van der Waals surface area contributed by atoms with Gasteiger partial charge in [-0.1, -0.05) is 6.07 Å². The molecule has 4 aromatic heterocycles. The number of likely N-dealkylation sites (tertiary alicyclic amines) is 1.